The van der Waals surface area contributed by atoms with E-state index in [2.05, 4.69) is 30.2 Å². The van der Waals surface area contributed by atoms with Gasteiger partial charge in [-0.3, -0.25) is 4.99 Å². The summed E-state index contributed by atoms with van der Waals surface area (Å²) in [5, 5.41) is 7.12. The van der Waals surface area contributed by atoms with Crippen molar-refractivity contribution in [1.29, 1.82) is 0 Å². The number of hydrogen-bond donors (Lipinski definition) is 1. The number of benzene rings is 1. The van der Waals surface area contributed by atoms with Gasteiger partial charge in [-0.2, -0.15) is 4.98 Å². The lowest BCUT2D eigenvalue weighted by Crippen LogP contribution is -2.52. The van der Waals surface area contributed by atoms with Gasteiger partial charge in [0.15, 0.2) is 11.8 Å². The molecule has 0 spiro atoms. The van der Waals surface area contributed by atoms with Gasteiger partial charge in [0, 0.05) is 45.8 Å². The summed E-state index contributed by atoms with van der Waals surface area (Å²) >= 11 is 0. The van der Waals surface area contributed by atoms with Crippen molar-refractivity contribution >= 4 is 35.6 Å². The zero-order valence-electron chi connectivity index (χ0n) is 14.3. The number of rotatable bonds is 3. The van der Waals surface area contributed by atoms with Crippen molar-refractivity contribution in [2.24, 2.45) is 4.99 Å². The Labute approximate surface area is 163 Å². The lowest BCUT2D eigenvalue weighted by atomic mass is 10.2. The third-order valence-electron chi connectivity index (χ3n) is 3.96. The summed E-state index contributed by atoms with van der Waals surface area (Å²) in [6.45, 7) is 5.62. The molecule has 9 heteroatoms. The molecule has 0 aliphatic carbocycles. The summed E-state index contributed by atoms with van der Waals surface area (Å²) in [6.07, 6.45) is 0. The van der Waals surface area contributed by atoms with E-state index in [0.29, 0.717) is 18.3 Å². The van der Waals surface area contributed by atoms with Gasteiger partial charge in [0.2, 0.25) is 5.89 Å². The minimum atomic E-state index is -0.210. The molecule has 7 nitrogen and oxygen atoms in total. The van der Waals surface area contributed by atoms with Gasteiger partial charge in [-0.25, -0.2) is 4.39 Å². The molecule has 1 aliphatic rings. The first-order valence-electron chi connectivity index (χ1n) is 7.91. The van der Waals surface area contributed by atoms with Gasteiger partial charge in [0.05, 0.1) is 6.54 Å². The second-order valence-corrected chi connectivity index (χ2v) is 5.58. The van der Waals surface area contributed by atoms with Crippen LogP contribution in [0.1, 0.15) is 11.7 Å². The summed E-state index contributed by atoms with van der Waals surface area (Å²) in [5.74, 6) is 1.77. The number of anilines is 1. The fourth-order valence-electron chi connectivity index (χ4n) is 2.73. The third-order valence-corrected chi connectivity index (χ3v) is 3.96. The summed E-state index contributed by atoms with van der Waals surface area (Å²) < 4.78 is 18.0. The van der Waals surface area contributed by atoms with Gasteiger partial charge in [-0.15, -0.1) is 24.0 Å². The highest BCUT2D eigenvalue weighted by Crippen LogP contribution is 2.16. The van der Waals surface area contributed by atoms with Crippen molar-refractivity contribution in [1.82, 2.24) is 20.4 Å². The first kappa shape index (κ1) is 19.4. The molecule has 0 saturated carbocycles. The van der Waals surface area contributed by atoms with Gasteiger partial charge in [-0.05, 0) is 24.3 Å². The average molecular weight is 460 g/mol. The molecule has 1 aromatic carbocycles. The molecule has 0 bridgehead atoms. The van der Waals surface area contributed by atoms with E-state index >= 15 is 0 Å². The third kappa shape index (κ3) is 5.03. The van der Waals surface area contributed by atoms with E-state index in [-0.39, 0.29) is 29.8 Å². The van der Waals surface area contributed by atoms with Crippen LogP contribution in [0.2, 0.25) is 0 Å². The quantitative estimate of drug-likeness (QED) is 0.430. The fraction of sp³-hybridized carbons (Fsp3) is 0.438. The Morgan fingerprint density at radius 1 is 1.24 bits per heavy atom. The number of aromatic nitrogens is 2. The van der Waals surface area contributed by atoms with Gasteiger partial charge >= 0.3 is 0 Å². The molecule has 1 aliphatic heterocycles. The van der Waals surface area contributed by atoms with Crippen molar-refractivity contribution in [2.75, 3.05) is 38.1 Å². The van der Waals surface area contributed by atoms with E-state index < -0.39 is 0 Å². The summed E-state index contributed by atoms with van der Waals surface area (Å²) in [6, 6.07) is 6.62. The van der Waals surface area contributed by atoms with Crippen molar-refractivity contribution in [3.63, 3.8) is 0 Å². The van der Waals surface area contributed by atoms with Crippen LogP contribution in [0.3, 0.4) is 0 Å². The standard InChI is InChI=1S/C16H21FN6O.HI/c1-12-20-15(21-24-12)11-19-16(18-2)23-9-7-22(8-10-23)14-5-3-13(17)4-6-14;/h3-6H,7-11H2,1-2H3,(H,18,19);1H. The molecule has 1 N–H and O–H groups in total. The highest BCUT2D eigenvalue weighted by molar-refractivity contribution is 14.0. The molecule has 136 valence electrons. The zero-order chi connectivity index (χ0) is 16.9. The molecular formula is C16H22FIN6O. The first-order valence-corrected chi connectivity index (χ1v) is 7.91. The smallest absolute Gasteiger partial charge is 0.223 e. The molecule has 2 heterocycles. The van der Waals surface area contributed by atoms with Crippen LogP contribution in [0, 0.1) is 12.7 Å². The number of guanidine groups is 1. The molecule has 1 aromatic heterocycles. The van der Waals surface area contributed by atoms with E-state index in [1.54, 1.807) is 14.0 Å². The molecular weight excluding hydrogens is 438 g/mol. The maximum absolute atomic E-state index is 13.0. The van der Waals surface area contributed by atoms with Crippen molar-refractivity contribution in [3.05, 3.63) is 41.8 Å². The molecule has 1 saturated heterocycles. The number of aryl methyl sites for hydroxylation is 1. The molecule has 3 rings (SSSR count). The largest absolute Gasteiger partial charge is 0.368 e. The number of nitrogens with one attached hydrogen (secondary N) is 1. The topological polar surface area (TPSA) is 69.8 Å². The highest BCUT2D eigenvalue weighted by Gasteiger charge is 2.20. The molecule has 0 atom stereocenters. The Balaban J connectivity index is 0.00000225. The van der Waals surface area contributed by atoms with E-state index in [9.17, 15) is 4.39 Å². The minimum Gasteiger partial charge on any atom is -0.368 e. The van der Waals surface area contributed by atoms with Crippen molar-refractivity contribution in [2.45, 2.75) is 13.5 Å². The molecule has 2 aromatic rings. The molecule has 1 fully saturated rings. The highest BCUT2D eigenvalue weighted by atomic mass is 127. The normalized spacial score (nSPS) is 15.1. The van der Waals surface area contributed by atoms with Crippen LogP contribution in [-0.4, -0.2) is 54.2 Å². The Morgan fingerprint density at radius 2 is 1.92 bits per heavy atom. The van der Waals surface area contributed by atoms with E-state index in [1.807, 2.05) is 12.1 Å². The van der Waals surface area contributed by atoms with E-state index in [4.69, 9.17) is 4.52 Å². The SMILES string of the molecule is CN=C(NCc1noc(C)n1)N1CCN(c2ccc(F)cc2)CC1.I. The molecule has 0 amide bonds. The second-order valence-electron chi connectivity index (χ2n) is 5.58. The number of aliphatic imine (C=N–C) groups is 1. The lowest BCUT2D eigenvalue weighted by Gasteiger charge is -2.37. The van der Waals surface area contributed by atoms with Crippen LogP contribution in [-0.2, 0) is 6.54 Å². The maximum Gasteiger partial charge on any atom is 0.223 e. The molecule has 0 radical (unpaired) electrons. The van der Waals surface area contributed by atoms with Crippen LogP contribution in [0.4, 0.5) is 10.1 Å². The maximum atomic E-state index is 13.0. The number of halogens is 2. The minimum absolute atomic E-state index is 0. The summed E-state index contributed by atoms with van der Waals surface area (Å²) in [5.41, 5.74) is 1.04. The second kappa shape index (κ2) is 8.97. The Bertz CT molecular complexity index is 697. The average Bonchev–Trinajstić information content (AvgIpc) is 3.02. The van der Waals surface area contributed by atoms with Crippen LogP contribution in [0.25, 0.3) is 0 Å². The van der Waals surface area contributed by atoms with Gasteiger partial charge in [0.1, 0.15) is 5.82 Å². The van der Waals surface area contributed by atoms with Crippen molar-refractivity contribution in [3.8, 4) is 0 Å². The predicted octanol–water partition coefficient (Wildman–Crippen LogP) is 2.03. The van der Waals surface area contributed by atoms with Crippen LogP contribution >= 0.6 is 24.0 Å². The monoisotopic (exact) mass is 460 g/mol. The zero-order valence-corrected chi connectivity index (χ0v) is 16.6. The van der Waals surface area contributed by atoms with Crippen LogP contribution in [0.15, 0.2) is 33.8 Å². The summed E-state index contributed by atoms with van der Waals surface area (Å²) in [7, 11) is 1.76. The van der Waals surface area contributed by atoms with Gasteiger partial charge in [-0.1, -0.05) is 5.16 Å². The van der Waals surface area contributed by atoms with Crippen LogP contribution < -0.4 is 10.2 Å². The summed E-state index contributed by atoms with van der Waals surface area (Å²) in [4.78, 5) is 12.9. The molecule has 25 heavy (non-hydrogen) atoms. The number of piperazine rings is 1. The lowest BCUT2D eigenvalue weighted by molar-refractivity contribution is 0.369. The van der Waals surface area contributed by atoms with E-state index in [0.717, 1.165) is 37.8 Å². The number of hydrogen-bond acceptors (Lipinski definition) is 5. The van der Waals surface area contributed by atoms with Crippen LogP contribution in [0.5, 0.6) is 0 Å². The first-order chi connectivity index (χ1) is 11.7. The Morgan fingerprint density at radius 3 is 2.48 bits per heavy atom. The Hall–Kier alpha value is -1.91. The van der Waals surface area contributed by atoms with Gasteiger partial charge in [0.25, 0.3) is 0 Å². The van der Waals surface area contributed by atoms with Crippen molar-refractivity contribution < 1.29 is 8.91 Å². The van der Waals surface area contributed by atoms with E-state index in [1.165, 1.54) is 12.1 Å². The van der Waals surface area contributed by atoms with Gasteiger partial charge < -0.3 is 19.6 Å². The number of nitrogens with zero attached hydrogens (tertiary/aromatic N) is 5. The molecule has 0 unspecified atom stereocenters. The Kier molecular flexibility index (Phi) is 6.97. The predicted molar refractivity (Wildman–Crippen MR) is 105 cm³/mol. The fourth-order valence-corrected chi connectivity index (χ4v) is 2.73.